The Bertz CT molecular complexity index is 1440. The summed E-state index contributed by atoms with van der Waals surface area (Å²) in [5.41, 5.74) is 3.79. The third kappa shape index (κ3) is 8.11. The van der Waals surface area contributed by atoms with E-state index in [1.807, 2.05) is 69.6 Å². The number of carbonyl (C=O) groups excluding carboxylic acids is 1. The molecule has 10 heteroatoms. The molecule has 2 aliphatic heterocycles. The summed E-state index contributed by atoms with van der Waals surface area (Å²) in [7, 11) is 0. The highest BCUT2D eigenvalue weighted by atomic mass is 79.9. The van der Waals surface area contributed by atoms with Gasteiger partial charge in [0.05, 0.1) is 35.9 Å². The summed E-state index contributed by atoms with van der Waals surface area (Å²) >= 11 is 6.88. The van der Waals surface area contributed by atoms with Crippen molar-refractivity contribution in [1.82, 2.24) is 30.2 Å². The fourth-order valence-corrected chi connectivity index (χ4v) is 5.61. The molecular formula is C32H40Br2N6O2. The molecule has 2 saturated heterocycles. The SMILES string of the molecule is Brc1ccc(-c2cnc([C@@H]3CCCN3)[nH]2)cc1.C.CC(C)(C)OC(=O)N1CCC[C@H]1c1ncc(-c2ccc(Br)cc2)[nH]1. The molecule has 2 aromatic carbocycles. The normalized spacial score (nSPS) is 18.3. The zero-order chi connectivity index (χ0) is 29.0. The number of H-pyrrole nitrogens is 2. The van der Waals surface area contributed by atoms with E-state index >= 15 is 0 Å². The van der Waals surface area contributed by atoms with E-state index in [4.69, 9.17) is 4.74 Å². The van der Waals surface area contributed by atoms with Crippen LogP contribution in [0.15, 0.2) is 69.9 Å². The van der Waals surface area contributed by atoms with Gasteiger partial charge < -0.3 is 20.0 Å². The zero-order valence-electron chi connectivity index (χ0n) is 23.6. The lowest BCUT2D eigenvalue weighted by Gasteiger charge is -2.27. The Morgan fingerprint density at radius 1 is 0.857 bits per heavy atom. The smallest absolute Gasteiger partial charge is 0.410 e. The van der Waals surface area contributed by atoms with E-state index in [1.54, 1.807) is 4.90 Å². The predicted octanol–water partition coefficient (Wildman–Crippen LogP) is 8.81. The van der Waals surface area contributed by atoms with Crippen molar-refractivity contribution in [2.24, 2.45) is 0 Å². The van der Waals surface area contributed by atoms with Gasteiger partial charge in [-0.1, -0.05) is 63.6 Å². The molecule has 0 spiro atoms. The number of aromatic nitrogens is 4. The lowest BCUT2D eigenvalue weighted by Crippen LogP contribution is -2.36. The molecule has 0 saturated carbocycles. The Balaban J connectivity index is 0.000000198. The van der Waals surface area contributed by atoms with E-state index in [2.05, 4.69) is 69.2 Å². The molecule has 1 amide bonds. The third-order valence-electron chi connectivity index (χ3n) is 7.09. The van der Waals surface area contributed by atoms with E-state index in [0.29, 0.717) is 12.6 Å². The summed E-state index contributed by atoms with van der Waals surface area (Å²) in [6, 6.07) is 16.7. The number of nitrogens with one attached hydrogen (secondary N) is 3. The van der Waals surface area contributed by atoms with Crippen molar-refractivity contribution < 1.29 is 9.53 Å². The van der Waals surface area contributed by atoms with E-state index in [-0.39, 0.29) is 19.6 Å². The average molecular weight is 701 g/mol. The molecule has 2 fully saturated rings. The number of hydrogen-bond acceptors (Lipinski definition) is 5. The van der Waals surface area contributed by atoms with Crippen LogP contribution in [0, 0.1) is 0 Å². The molecular weight excluding hydrogens is 660 g/mol. The van der Waals surface area contributed by atoms with Gasteiger partial charge in [-0.3, -0.25) is 4.90 Å². The number of hydrogen-bond donors (Lipinski definition) is 3. The van der Waals surface area contributed by atoms with Crippen molar-refractivity contribution in [3.05, 3.63) is 81.5 Å². The molecule has 4 aromatic rings. The van der Waals surface area contributed by atoms with Crippen molar-refractivity contribution in [3.8, 4) is 22.5 Å². The minimum atomic E-state index is -0.490. The predicted molar refractivity (Wildman–Crippen MR) is 175 cm³/mol. The first-order chi connectivity index (χ1) is 19.7. The van der Waals surface area contributed by atoms with Gasteiger partial charge in [0.25, 0.3) is 0 Å². The molecule has 3 N–H and O–H groups in total. The Hall–Kier alpha value is -2.95. The number of imidazole rings is 2. The summed E-state index contributed by atoms with van der Waals surface area (Å²) in [4.78, 5) is 29.9. The van der Waals surface area contributed by atoms with Crippen LogP contribution in [0.4, 0.5) is 4.79 Å². The minimum Gasteiger partial charge on any atom is -0.444 e. The topological polar surface area (TPSA) is 98.9 Å². The third-order valence-corrected chi connectivity index (χ3v) is 8.15. The van der Waals surface area contributed by atoms with Gasteiger partial charge in [-0.25, -0.2) is 14.8 Å². The van der Waals surface area contributed by atoms with Gasteiger partial charge in [0.2, 0.25) is 0 Å². The van der Waals surface area contributed by atoms with Gasteiger partial charge in [-0.2, -0.15) is 0 Å². The van der Waals surface area contributed by atoms with Gasteiger partial charge in [-0.05, 0) is 88.4 Å². The number of carbonyl (C=O) groups is 1. The Morgan fingerprint density at radius 3 is 1.93 bits per heavy atom. The van der Waals surface area contributed by atoms with Crippen LogP contribution in [0.2, 0.25) is 0 Å². The van der Waals surface area contributed by atoms with Gasteiger partial charge >= 0.3 is 6.09 Å². The summed E-state index contributed by atoms with van der Waals surface area (Å²) < 4.78 is 7.65. The summed E-state index contributed by atoms with van der Waals surface area (Å²) in [6.45, 7) is 7.45. The minimum absolute atomic E-state index is 0. The zero-order valence-corrected chi connectivity index (χ0v) is 26.8. The second kappa shape index (κ2) is 14.0. The maximum absolute atomic E-state index is 12.4. The van der Waals surface area contributed by atoms with Crippen molar-refractivity contribution in [3.63, 3.8) is 0 Å². The molecule has 2 aromatic heterocycles. The highest BCUT2D eigenvalue weighted by Gasteiger charge is 2.34. The van der Waals surface area contributed by atoms with Gasteiger partial charge in [-0.15, -0.1) is 0 Å². The number of rotatable bonds is 4. The first-order valence-electron chi connectivity index (χ1n) is 14.0. The summed E-state index contributed by atoms with van der Waals surface area (Å²) in [6.07, 6.45) is 7.73. The fraction of sp³-hybridized carbons (Fsp3) is 0.406. The van der Waals surface area contributed by atoms with Crippen LogP contribution >= 0.6 is 31.9 Å². The number of likely N-dealkylation sites (tertiary alicyclic amines) is 1. The van der Waals surface area contributed by atoms with Gasteiger partial charge in [0, 0.05) is 15.5 Å². The van der Waals surface area contributed by atoms with Gasteiger partial charge in [0.1, 0.15) is 17.2 Å². The lowest BCUT2D eigenvalue weighted by molar-refractivity contribution is 0.0218. The first-order valence-corrected chi connectivity index (χ1v) is 15.6. The molecule has 2 aliphatic rings. The van der Waals surface area contributed by atoms with Crippen LogP contribution in [0.1, 0.15) is 77.6 Å². The lowest BCUT2D eigenvalue weighted by atomic mass is 10.2. The number of amides is 1. The Labute approximate surface area is 265 Å². The first kappa shape index (κ1) is 32.0. The summed E-state index contributed by atoms with van der Waals surface area (Å²) in [5, 5.41) is 3.45. The second-order valence-corrected chi connectivity index (χ2v) is 13.2. The van der Waals surface area contributed by atoms with E-state index in [9.17, 15) is 4.79 Å². The largest absolute Gasteiger partial charge is 0.444 e. The molecule has 0 radical (unpaired) electrons. The van der Waals surface area contributed by atoms with Crippen molar-refractivity contribution in [2.75, 3.05) is 13.1 Å². The average Bonchev–Trinajstić information content (AvgIpc) is 3.74. The molecule has 42 heavy (non-hydrogen) atoms. The quantitative estimate of drug-likeness (QED) is 0.198. The highest BCUT2D eigenvalue weighted by Crippen LogP contribution is 2.33. The van der Waals surface area contributed by atoms with Crippen LogP contribution < -0.4 is 5.32 Å². The van der Waals surface area contributed by atoms with Crippen LogP contribution in [-0.4, -0.2) is 49.6 Å². The van der Waals surface area contributed by atoms with Crippen molar-refractivity contribution in [2.45, 2.75) is 71.6 Å². The van der Waals surface area contributed by atoms with Crippen LogP contribution in [-0.2, 0) is 4.74 Å². The number of halogens is 2. The van der Waals surface area contributed by atoms with E-state index in [0.717, 1.165) is 56.9 Å². The van der Waals surface area contributed by atoms with Crippen LogP contribution in [0.5, 0.6) is 0 Å². The highest BCUT2D eigenvalue weighted by molar-refractivity contribution is 9.10. The molecule has 6 rings (SSSR count). The van der Waals surface area contributed by atoms with Crippen molar-refractivity contribution in [1.29, 1.82) is 0 Å². The number of ether oxygens (including phenoxy) is 1. The monoisotopic (exact) mass is 698 g/mol. The van der Waals surface area contributed by atoms with Crippen LogP contribution in [0.25, 0.3) is 22.5 Å². The van der Waals surface area contributed by atoms with Gasteiger partial charge in [0.15, 0.2) is 0 Å². The molecule has 2 atom stereocenters. The van der Waals surface area contributed by atoms with E-state index < -0.39 is 5.60 Å². The molecule has 0 bridgehead atoms. The van der Waals surface area contributed by atoms with E-state index in [1.165, 1.54) is 18.4 Å². The number of benzene rings is 2. The van der Waals surface area contributed by atoms with Crippen LogP contribution in [0.3, 0.4) is 0 Å². The maximum Gasteiger partial charge on any atom is 0.410 e. The summed E-state index contributed by atoms with van der Waals surface area (Å²) in [5.74, 6) is 1.87. The Kier molecular flexibility index (Phi) is 10.7. The molecule has 224 valence electrons. The fourth-order valence-electron chi connectivity index (χ4n) is 5.08. The maximum atomic E-state index is 12.4. The number of nitrogens with zero attached hydrogens (tertiary/aromatic N) is 3. The second-order valence-electron chi connectivity index (χ2n) is 11.4. The Morgan fingerprint density at radius 2 is 1.40 bits per heavy atom. The van der Waals surface area contributed by atoms with Crippen molar-refractivity contribution >= 4 is 38.0 Å². The molecule has 0 aliphatic carbocycles. The molecule has 0 unspecified atom stereocenters. The molecule has 4 heterocycles. The standard InChI is InChI=1S/C18H22BrN3O2.C13H14BrN3.CH4/c1-18(2,3)24-17(23)22-10-4-5-15(22)16-20-11-14(21-16)12-6-8-13(19)9-7-12;14-10-5-3-9(4-6-10)12-8-16-13(17-12)11-2-1-7-15-11;/h6-9,11,15H,4-5,10H2,1-3H3,(H,20,21);3-6,8,11,15H,1-2,7H2,(H,16,17);1H4/t15-;11-;/m00./s1. The number of aromatic amines is 2. The molecule has 8 nitrogen and oxygen atoms in total.